The summed E-state index contributed by atoms with van der Waals surface area (Å²) in [7, 11) is -3.86. The lowest BCUT2D eigenvalue weighted by Crippen LogP contribution is -2.42. The van der Waals surface area contributed by atoms with Gasteiger partial charge in [0, 0.05) is 13.1 Å². The first kappa shape index (κ1) is 20.7. The van der Waals surface area contributed by atoms with Crippen molar-refractivity contribution < 1.29 is 22.7 Å². The summed E-state index contributed by atoms with van der Waals surface area (Å²) in [5.74, 6) is 0.401. The van der Waals surface area contributed by atoms with E-state index in [1.54, 1.807) is 4.90 Å². The minimum absolute atomic E-state index is 0.0858. The van der Waals surface area contributed by atoms with E-state index < -0.39 is 15.6 Å². The van der Waals surface area contributed by atoms with Crippen molar-refractivity contribution in [1.29, 1.82) is 0 Å². The van der Waals surface area contributed by atoms with Crippen LogP contribution in [-0.4, -0.2) is 49.7 Å². The van der Waals surface area contributed by atoms with Crippen molar-refractivity contribution in [1.82, 2.24) is 9.88 Å². The molecular weight excluding hydrogens is 382 g/mol. The number of ether oxygens (including phenoxy) is 2. The van der Waals surface area contributed by atoms with Gasteiger partial charge in [0.2, 0.25) is 15.9 Å². The van der Waals surface area contributed by atoms with E-state index >= 15 is 0 Å². The highest BCUT2D eigenvalue weighted by Crippen LogP contribution is 2.26. The number of sulfonamides is 1. The summed E-state index contributed by atoms with van der Waals surface area (Å²) in [4.78, 5) is 17.5. The number of rotatable bonds is 4. The van der Waals surface area contributed by atoms with Gasteiger partial charge in [-0.1, -0.05) is 11.6 Å². The van der Waals surface area contributed by atoms with Gasteiger partial charge in [0.25, 0.3) is 0 Å². The number of halogens is 1. The number of hydrogen-bond donors (Lipinski definition) is 1. The van der Waals surface area contributed by atoms with Gasteiger partial charge < -0.3 is 14.4 Å². The SMILES string of the molecule is CC(C)(C)OC(=O)N1CCC(COc2ncc(S(N)(=O)=O)cc2Cl)CC1. The second-order valence-electron chi connectivity index (χ2n) is 7.22. The minimum Gasteiger partial charge on any atom is -0.476 e. The van der Waals surface area contributed by atoms with Gasteiger partial charge in [-0.15, -0.1) is 0 Å². The van der Waals surface area contributed by atoms with Crippen LogP contribution in [-0.2, 0) is 14.8 Å². The highest BCUT2D eigenvalue weighted by Gasteiger charge is 2.27. The molecule has 2 rings (SSSR count). The summed E-state index contributed by atoms with van der Waals surface area (Å²) in [6, 6.07) is 1.21. The van der Waals surface area contributed by atoms with E-state index in [2.05, 4.69) is 4.98 Å². The molecule has 146 valence electrons. The molecule has 0 atom stereocenters. The van der Waals surface area contributed by atoms with Crippen LogP contribution in [0.1, 0.15) is 33.6 Å². The van der Waals surface area contributed by atoms with E-state index in [1.807, 2.05) is 20.8 Å². The quantitative estimate of drug-likeness (QED) is 0.823. The van der Waals surface area contributed by atoms with E-state index in [0.29, 0.717) is 19.7 Å². The lowest BCUT2D eigenvalue weighted by Gasteiger charge is -2.33. The number of carbonyl (C=O) groups is 1. The van der Waals surface area contributed by atoms with Crippen LogP contribution in [0.5, 0.6) is 5.88 Å². The van der Waals surface area contributed by atoms with E-state index in [-0.39, 0.29) is 27.8 Å². The lowest BCUT2D eigenvalue weighted by atomic mass is 9.98. The topological polar surface area (TPSA) is 112 Å². The molecular formula is C16H24ClN3O5S. The Labute approximate surface area is 158 Å². The number of hydrogen-bond acceptors (Lipinski definition) is 6. The molecule has 1 fully saturated rings. The Bertz CT molecular complexity index is 756. The number of likely N-dealkylation sites (tertiary alicyclic amines) is 1. The number of piperidine rings is 1. The monoisotopic (exact) mass is 405 g/mol. The molecule has 1 saturated heterocycles. The van der Waals surface area contributed by atoms with E-state index in [9.17, 15) is 13.2 Å². The van der Waals surface area contributed by atoms with E-state index in [4.69, 9.17) is 26.2 Å². The molecule has 26 heavy (non-hydrogen) atoms. The fourth-order valence-electron chi connectivity index (χ4n) is 2.48. The molecule has 0 aliphatic carbocycles. The molecule has 0 radical (unpaired) electrons. The molecule has 0 bridgehead atoms. The Balaban J connectivity index is 1.84. The van der Waals surface area contributed by atoms with Gasteiger partial charge in [0.15, 0.2) is 0 Å². The van der Waals surface area contributed by atoms with Crippen molar-refractivity contribution in [3.05, 3.63) is 17.3 Å². The van der Waals surface area contributed by atoms with Crippen LogP contribution in [0.4, 0.5) is 4.79 Å². The molecule has 1 aromatic heterocycles. The van der Waals surface area contributed by atoms with Gasteiger partial charge in [-0.2, -0.15) is 0 Å². The summed E-state index contributed by atoms with van der Waals surface area (Å²) < 4.78 is 33.5. The number of amides is 1. The zero-order chi connectivity index (χ0) is 19.5. The Hall–Kier alpha value is -1.58. The molecule has 10 heteroatoms. The van der Waals surface area contributed by atoms with E-state index in [0.717, 1.165) is 19.0 Å². The zero-order valence-corrected chi connectivity index (χ0v) is 16.6. The number of nitrogens with zero attached hydrogens (tertiary/aromatic N) is 2. The average molecular weight is 406 g/mol. The fraction of sp³-hybridized carbons (Fsp3) is 0.625. The maximum Gasteiger partial charge on any atom is 0.410 e. The summed E-state index contributed by atoms with van der Waals surface area (Å²) >= 11 is 6.00. The Morgan fingerprint density at radius 3 is 2.50 bits per heavy atom. The lowest BCUT2D eigenvalue weighted by molar-refractivity contribution is 0.0164. The van der Waals surface area contributed by atoms with Crippen molar-refractivity contribution in [2.75, 3.05) is 19.7 Å². The van der Waals surface area contributed by atoms with E-state index in [1.165, 1.54) is 6.07 Å². The third-order valence-corrected chi connectivity index (χ3v) is 4.98. The first-order valence-electron chi connectivity index (χ1n) is 8.25. The number of primary sulfonamides is 1. The van der Waals surface area contributed by atoms with Gasteiger partial charge in [-0.25, -0.2) is 23.3 Å². The van der Waals surface area contributed by atoms with Crippen LogP contribution >= 0.6 is 11.6 Å². The second-order valence-corrected chi connectivity index (χ2v) is 9.19. The van der Waals surface area contributed by atoms with Gasteiger partial charge >= 0.3 is 6.09 Å². The van der Waals surface area contributed by atoms with Crippen LogP contribution in [0.15, 0.2) is 17.2 Å². The average Bonchev–Trinajstić information content (AvgIpc) is 2.51. The zero-order valence-electron chi connectivity index (χ0n) is 15.1. The van der Waals surface area contributed by atoms with Crippen molar-refractivity contribution in [2.45, 2.75) is 44.1 Å². The van der Waals surface area contributed by atoms with Crippen molar-refractivity contribution >= 4 is 27.7 Å². The number of carbonyl (C=O) groups excluding carboxylic acids is 1. The molecule has 1 amide bonds. The molecule has 2 heterocycles. The number of aromatic nitrogens is 1. The van der Waals surface area contributed by atoms with Crippen LogP contribution in [0.25, 0.3) is 0 Å². The smallest absolute Gasteiger partial charge is 0.410 e. The molecule has 1 aromatic rings. The molecule has 0 unspecified atom stereocenters. The Kier molecular flexibility index (Phi) is 6.36. The predicted octanol–water partition coefficient (Wildman–Crippen LogP) is 2.41. The predicted molar refractivity (Wildman–Crippen MR) is 96.6 cm³/mol. The molecule has 2 N–H and O–H groups in total. The minimum atomic E-state index is -3.86. The summed E-state index contributed by atoms with van der Waals surface area (Å²) in [6.07, 6.45) is 2.35. The molecule has 0 spiro atoms. The molecule has 1 aliphatic rings. The van der Waals surface area contributed by atoms with Crippen molar-refractivity contribution in [3.63, 3.8) is 0 Å². The van der Waals surface area contributed by atoms with Crippen LogP contribution < -0.4 is 9.88 Å². The normalized spacial score (nSPS) is 16.4. The third-order valence-electron chi connectivity index (χ3n) is 3.83. The number of pyridine rings is 1. The first-order valence-corrected chi connectivity index (χ1v) is 10.2. The molecule has 8 nitrogen and oxygen atoms in total. The third kappa shape index (κ3) is 6.00. The Morgan fingerprint density at radius 1 is 1.38 bits per heavy atom. The highest BCUT2D eigenvalue weighted by molar-refractivity contribution is 7.89. The van der Waals surface area contributed by atoms with Gasteiger partial charge in [0.1, 0.15) is 15.5 Å². The molecule has 1 aliphatic heterocycles. The van der Waals surface area contributed by atoms with Crippen molar-refractivity contribution in [3.8, 4) is 5.88 Å². The standard InChI is InChI=1S/C16H24ClN3O5S/c1-16(2,3)25-15(21)20-6-4-11(5-7-20)10-24-14-13(17)8-12(9-19-14)26(18,22)23/h8-9,11H,4-7,10H2,1-3H3,(H2,18,22,23). The number of nitrogens with two attached hydrogens (primary N) is 1. The van der Waals surface area contributed by atoms with Gasteiger partial charge in [0.05, 0.1) is 12.8 Å². The second kappa shape index (κ2) is 7.98. The Morgan fingerprint density at radius 2 is 2.00 bits per heavy atom. The van der Waals surface area contributed by atoms with Crippen molar-refractivity contribution in [2.24, 2.45) is 11.1 Å². The molecule has 0 saturated carbocycles. The first-order chi connectivity index (χ1) is 12.0. The maximum atomic E-state index is 12.0. The van der Waals surface area contributed by atoms with Crippen LogP contribution in [0, 0.1) is 5.92 Å². The van der Waals surface area contributed by atoms with Crippen LogP contribution in [0.2, 0.25) is 5.02 Å². The van der Waals surface area contributed by atoms with Crippen LogP contribution in [0.3, 0.4) is 0 Å². The summed E-state index contributed by atoms with van der Waals surface area (Å²) in [6.45, 7) is 7.07. The summed E-state index contributed by atoms with van der Waals surface area (Å²) in [5, 5.41) is 5.12. The van der Waals surface area contributed by atoms with Gasteiger partial charge in [-0.05, 0) is 45.6 Å². The highest BCUT2D eigenvalue weighted by atomic mass is 35.5. The largest absolute Gasteiger partial charge is 0.476 e. The maximum absolute atomic E-state index is 12.0. The molecule has 0 aromatic carbocycles. The summed E-state index contributed by atoms with van der Waals surface area (Å²) in [5.41, 5.74) is -0.511. The van der Waals surface area contributed by atoms with Gasteiger partial charge in [-0.3, -0.25) is 0 Å². The fourth-order valence-corrected chi connectivity index (χ4v) is 3.24.